The van der Waals surface area contributed by atoms with Crippen LogP contribution in [0.3, 0.4) is 0 Å². The van der Waals surface area contributed by atoms with Crippen LogP contribution in [0.2, 0.25) is 0 Å². The fraction of sp³-hybridized carbons (Fsp3) is 0.600. The smallest absolute Gasteiger partial charge is 0.326 e. The van der Waals surface area contributed by atoms with Gasteiger partial charge in [-0.05, 0) is 50.8 Å². The molecule has 1 heterocycles. The van der Waals surface area contributed by atoms with Crippen molar-refractivity contribution in [2.24, 2.45) is 0 Å². The number of urea groups is 1. The van der Waals surface area contributed by atoms with Gasteiger partial charge in [0.15, 0.2) is 11.6 Å². The lowest BCUT2D eigenvalue weighted by Crippen LogP contribution is -2.37. The second-order valence-corrected chi connectivity index (χ2v) is 10.5. The molecule has 3 rings (SSSR count). The first-order valence-corrected chi connectivity index (χ1v) is 11.9. The topological polar surface area (TPSA) is 134 Å². The molecule has 0 atom stereocenters. The molecule has 1 saturated carbocycles. The number of sulfonamides is 1. The van der Waals surface area contributed by atoms with Crippen molar-refractivity contribution in [2.45, 2.75) is 44.2 Å². The number of amides is 3. The summed E-state index contributed by atoms with van der Waals surface area (Å²) in [4.78, 5) is 23.7. The molecule has 178 valence electrons. The molecule has 10 nitrogen and oxygen atoms in total. The predicted molar refractivity (Wildman–Crippen MR) is 112 cm³/mol. The molecule has 0 bridgehead atoms. The number of hydrogen-bond acceptors (Lipinski definition) is 7. The first-order chi connectivity index (χ1) is 14.9. The van der Waals surface area contributed by atoms with Gasteiger partial charge in [-0.3, -0.25) is 15.0 Å². The van der Waals surface area contributed by atoms with Crippen LogP contribution in [0.25, 0.3) is 0 Å². The maximum atomic E-state index is 14.1. The molecule has 0 aromatic heterocycles. The predicted octanol–water partition coefficient (Wildman–Crippen LogP) is 0.800. The van der Waals surface area contributed by atoms with Gasteiger partial charge in [0.2, 0.25) is 15.9 Å². The van der Waals surface area contributed by atoms with Gasteiger partial charge in [0.25, 0.3) is 0 Å². The molecule has 3 amide bonds. The molecule has 1 aliphatic carbocycles. The summed E-state index contributed by atoms with van der Waals surface area (Å²) in [5.74, 6) is -1.24. The second kappa shape index (κ2) is 9.30. The molecule has 1 saturated heterocycles. The number of hydrogen-bond donors (Lipinski definition) is 3. The van der Waals surface area contributed by atoms with Crippen molar-refractivity contribution in [2.75, 3.05) is 32.2 Å². The maximum Gasteiger partial charge on any atom is 0.326 e. The monoisotopic (exact) mass is 473 g/mol. The number of imide groups is 1. The Balaban J connectivity index is 1.51. The normalized spacial score (nSPS) is 18.1. The highest BCUT2D eigenvalue weighted by atomic mass is 32.2. The summed E-state index contributed by atoms with van der Waals surface area (Å²) in [6.07, 6.45) is 1.33. The van der Waals surface area contributed by atoms with Crippen molar-refractivity contribution in [3.05, 3.63) is 29.6 Å². The molecule has 1 aromatic rings. The van der Waals surface area contributed by atoms with Crippen LogP contribution in [-0.2, 0) is 25.1 Å². The highest BCUT2D eigenvalue weighted by Gasteiger charge is 2.47. The molecule has 1 aliphatic heterocycles. The van der Waals surface area contributed by atoms with E-state index in [-0.39, 0.29) is 44.4 Å². The summed E-state index contributed by atoms with van der Waals surface area (Å²) in [6.45, 7) is 2.87. The number of rotatable bonds is 12. The fourth-order valence-corrected chi connectivity index (χ4v) is 4.72. The van der Waals surface area contributed by atoms with E-state index < -0.39 is 38.9 Å². The van der Waals surface area contributed by atoms with E-state index in [9.17, 15) is 27.5 Å². The molecule has 12 heteroatoms. The average Bonchev–Trinajstić information content (AvgIpc) is 3.37. The van der Waals surface area contributed by atoms with Gasteiger partial charge in [-0.2, -0.15) is 0 Å². The standard InChI is InChI=1S/C20H28FN3O7S/c1-19(2,27)12-31-16-10-14(4-5-15(16)21)20(6-7-20)23-32(28,29)9-3-8-30-13-24-11-17(25)22-18(24)26/h4-5,10,23,27H,3,6-9,11-13H2,1-2H3,(H,22,25,26). The highest BCUT2D eigenvalue weighted by Crippen LogP contribution is 2.47. The summed E-state index contributed by atoms with van der Waals surface area (Å²) in [5.41, 5.74) is -1.36. The van der Waals surface area contributed by atoms with Crippen molar-refractivity contribution >= 4 is 22.0 Å². The summed E-state index contributed by atoms with van der Waals surface area (Å²) < 4.78 is 52.6. The van der Waals surface area contributed by atoms with Gasteiger partial charge in [0.05, 0.1) is 16.9 Å². The van der Waals surface area contributed by atoms with Crippen molar-refractivity contribution in [3.8, 4) is 5.75 Å². The Hall–Kier alpha value is -2.28. The van der Waals surface area contributed by atoms with E-state index in [2.05, 4.69) is 10.0 Å². The van der Waals surface area contributed by atoms with Gasteiger partial charge in [0, 0.05) is 6.61 Å². The zero-order valence-electron chi connectivity index (χ0n) is 18.0. The lowest BCUT2D eigenvalue weighted by molar-refractivity contribution is -0.118. The fourth-order valence-electron chi connectivity index (χ4n) is 3.20. The van der Waals surface area contributed by atoms with E-state index in [4.69, 9.17) is 9.47 Å². The van der Waals surface area contributed by atoms with Crippen LogP contribution in [0, 0.1) is 5.82 Å². The SMILES string of the molecule is CC(C)(O)COc1cc(C2(NS(=O)(=O)CCCOCN3CC(=O)NC3=O)CC2)ccc1F. The van der Waals surface area contributed by atoms with Crippen LogP contribution < -0.4 is 14.8 Å². The lowest BCUT2D eigenvalue weighted by Gasteiger charge is -2.21. The largest absolute Gasteiger partial charge is 0.488 e. The second-order valence-electron chi connectivity index (χ2n) is 8.69. The van der Waals surface area contributed by atoms with Crippen molar-refractivity contribution in [1.29, 1.82) is 0 Å². The van der Waals surface area contributed by atoms with Gasteiger partial charge in [-0.1, -0.05) is 6.07 Å². The number of carbonyl (C=O) groups excluding carboxylic acids is 2. The summed E-state index contributed by atoms with van der Waals surface area (Å²) in [6, 6.07) is 3.66. The van der Waals surface area contributed by atoms with Gasteiger partial charge < -0.3 is 14.6 Å². The quantitative estimate of drug-likeness (QED) is 0.302. The minimum absolute atomic E-state index is 0.0482. The highest BCUT2D eigenvalue weighted by molar-refractivity contribution is 7.89. The Bertz CT molecular complexity index is 974. The Morgan fingerprint density at radius 1 is 1.31 bits per heavy atom. The summed E-state index contributed by atoms with van der Waals surface area (Å²) >= 11 is 0. The minimum Gasteiger partial charge on any atom is -0.488 e. The number of aliphatic hydroxyl groups is 1. The third-order valence-electron chi connectivity index (χ3n) is 4.98. The molecular formula is C20H28FN3O7S. The lowest BCUT2D eigenvalue weighted by atomic mass is 10.1. The van der Waals surface area contributed by atoms with Crippen LogP contribution in [0.1, 0.15) is 38.7 Å². The Morgan fingerprint density at radius 2 is 2.03 bits per heavy atom. The number of halogens is 1. The molecular weight excluding hydrogens is 445 g/mol. The Labute approximate surface area is 186 Å². The molecule has 0 radical (unpaired) electrons. The summed E-state index contributed by atoms with van der Waals surface area (Å²) in [7, 11) is -3.65. The minimum atomic E-state index is -3.65. The molecule has 32 heavy (non-hydrogen) atoms. The molecule has 0 spiro atoms. The van der Waals surface area contributed by atoms with E-state index in [1.165, 1.54) is 36.9 Å². The van der Waals surface area contributed by atoms with Crippen LogP contribution >= 0.6 is 0 Å². The molecule has 1 aromatic carbocycles. The zero-order valence-corrected chi connectivity index (χ0v) is 18.8. The average molecular weight is 474 g/mol. The third-order valence-corrected chi connectivity index (χ3v) is 6.51. The van der Waals surface area contributed by atoms with Crippen LogP contribution in [0.4, 0.5) is 9.18 Å². The van der Waals surface area contributed by atoms with Gasteiger partial charge >= 0.3 is 6.03 Å². The first-order valence-electron chi connectivity index (χ1n) is 10.2. The van der Waals surface area contributed by atoms with Crippen LogP contribution in [0.15, 0.2) is 18.2 Å². The van der Waals surface area contributed by atoms with Crippen LogP contribution in [0.5, 0.6) is 5.75 Å². The number of ether oxygens (including phenoxy) is 2. The molecule has 2 fully saturated rings. The molecule has 2 aliphatic rings. The van der Waals surface area contributed by atoms with Crippen molar-refractivity contribution in [3.63, 3.8) is 0 Å². The number of carbonyl (C=O) groups is 2. The Kier molecular flexibility index (Phi) is 7.08. The van der Waals surface area contributed by atoms with Crippen molar-refractivity contribution in [1.82, 2.24) is 14.9 Å². The van der Waals surface area contributed by atoms with Gasteiger partial charge in [-0.25, -0.2) is 22.3 Å². The summed E-state index contributed by atoms with van der Waals surface area (Å²) in [5, 5.41) is 11.9. The molecule has 3 N–H and O–H groups in total. The van der Waals surface area contributed by atoms with E-state index >= 15 is 0 Å². The van der Waals surface area contributed by atoms with Crippen LogP contribution in [-0.4, -0.2) is 68.2 Å². The van der Waals surface area contributed by atoms with Crippen molar-refractivity contribution < 1.29 is 37.0 Å². The third kappa shape index (κ3) is 6.61. The van der Waals surface area contributed by atoms with E-state index in [1.807, 2.05) is 0 Å². The Morgan fingerprint density at radius 3 is 2.62 bits per heavy atom. The number of benzene rings is 1. The maximum absolute atomic E-state index is 14.1. The van der Waals surface area contributed by atoms with E-state index in [1.54, 1.807) is 0 Å². The number of nitrogens with zero attached hydrogens (tertiary/aromatic N) is 1. The van der Waals surface area contributed by atoms with Gasteiger partial charge in [0.1, 0.15) is 19.9 Å². The zero-order chi connectivity index (χ0) is 23.6. The van der Waals surface area contributed by atoms with E-state index in [0.29, 0.717) is 18.4 Å². The van der Waals surface area contributed by atoms with Gasteiger partial charge in [-0.15, -0.1) is 0 Å². The van der Waals surface area contributed by atoms with E-state index in [0.717, 1.165) is 0 Å². The number of nitrogens with one attached hydrogen (secondary N) is 2. The molecule has 0 unspecified atom stereocenters. The first kappa shape index (κ1) is 24.4.